The summed E-state index contributed by atoms with van der Waals surface area (Å²) < 4.78 is 0. The second kappa shape index (κ2) is 6.87. The minimum atomic E-state index is -1.40. The summed E-state index contributed by atoms with van der Waals surface area (Å²) in [6.07, 6.45) is -1.03. The molecule has 114 valence electrons. The van der Waals surface area contributed by atoms with Gasteiger partial charge in [0.15, 0.2) is 0 Å². The van der Waals surface area contributed by atoms with Gasteiger partial charge >= 0.3 is 0 Å². The van der Waals surface area contributed by atoms with Crippen LogP contribution in [0.2, 0.25) is 0 Å². The van der Waals surface area contributed by atoms with Gasteiger partial charge in [0, 0.05) is 11.5 Å². The van der Waals surface area contributed by atoms with Gasteiger partial charge in [-0.3, -0.25) is 9.59 Å². The highest BCUT2D eigenvalue weighted by atomic mass is 16.3. The molecule has 2 aromatic carbocycles. The molecule has 0 bridgehead atoms. The van der Waals surface area contributed by atoms with Gasteiger partial charge in [-0.15, -0.1) is 0 Å². The lowest BCUT2D eigenvalue weighted by Crippen LogP contribution is -2.36. The molecular formula is C17H18N2O3. The van der Waals surface area contributed by atoms with Crippen LogP contribution in [-0.4, -0.2) is 23.0 Å². The number of aliphatic hydroxyl groups is 1. The average Bonchev–Trinajstić information content (AvgIpc) is 2.53. The topological polar surface area (TPSA) is 106 Å². The maximum absolute atomic E-state index is 11.6. The number of primary amides is 2. The van der Waals surface area contributed by atoms with E-state index in [0.717, 1.165) is 5.56 Å². The Hall–Kier alpha value is -2.66. The molecule has 0 aromatic heterocycles. The average molecular weight is 298 g/mol. The largest absolute Gasteiger partial charge is 0.383 e. The van der Waals surface area contributed by atoms with Gasteiger partial charge in [0.25, 0.3) is 0 Å². The third-order valence-corrected chi connectivity index (χ3v) is 3.60. The molecule has 1 unspecified atom stereocenters. The Balaban J connectivity index is 2.45. The van der Waals surface area contributed by atoms with Crippen LogP contribution in [0.3, 0.4) is 0 Å². The van der Waals surface area contributed by atoms with Gasteiger partial charge in [-0.1, -0.05) is 48.5 Å². The fourth-order valence-electron chi connectivity index (χ4n) is 2.50. The van der Waals surface area contributed by atoms with E-state index in [0.29, 0.717) is 12.0 Å². The highest BCUT2D eigenvalue weighted by Crippen LogP contribution is 2.27. The molecule has 0 saturated heterocycles. The Labute approximate surface area is 128 Å². The smallest absolute Gasteiger partial charge is 0.248 e. The zero-order valence-electron chi connectivity index (χ0n) is 12.0. The lowest BCUT2D eigenvalue weighted by molar-refractivity contribution is -0.127. The molecule has 5 N–H and O–H groups in total. The van der Waals surface area contributed by atoms with E-state index in [4.69, 9.17) is 11.5 Å². The van der Waals surface area contributed by atoms with E-state index in [2.05, 4.69) is 0 Å². The number of nitrogens with two attached hydrogens (primary N) is 2. The third kappa shape index (κ3) is 3.51. The maximum atomic E-state index is 11.6. The molecule has 0 aliphatic heterocycles. The quantitative estimate of drug-likeness (QED) is 0.739. The van der Waals surface area contributed by atoms with E-state index in [1.807, 2.05) is 30.3 Å². The first kappa shape index (κ1) is 15.7. The van der Waals surface area contributed by atoms with Crippen LogP contribution in [-0.2, 0) is 11.2 Å². The molecule has 5 heteroatoms. The van der Waals surface area contributed by atoms with Crippen molar-refractivity contribution in [2.75, 3.05) is 0 Å². The van der Waals surface area contributed by atoms with E-state index < -0.39 is 23.8 Å². The van der Waals surface area contributed by atoms with Gasteiger partial charge in [0.1, 0.15) is 6.10 Å². The van der Waals surface area contributed by atoms with Crippen molar-refractivity contribution in [1.29, 1.82) is 0 Å². The molecular weight excluding hydrogens is 280 g/mol. The first-order valence-corrected chi connectivity index (χ1v) is 6.90. The Morgan fingerprint density at radius 2 is 1.55 bits per heavy atom. The Morgan fingerprint density at radius 3 is 2.14 bits per heavy atom. The fourth-order valence-corrected chi connectivity index (χ4v) is 2.50. The second-order valence-corrected chi connectivity index (χ2v) is 5.09. The lowest BCUT2D eigenvalue weighted by atomic mass is 9.84. The number of benzene rings is 2. The van der Waals surface area contributed by atoms with Crippen LogP contribution in [0.5, 0.6) is 0 Å². The van der Waals surface area contributed by atoms with Crippen LogP contribution in [0.1, 0.15) is 27.4 Å². The summed E-state index contributed by atoms with van der Waals surface area (Å²) in [4.78, 5) is 23.0. The van der Waals surface area contributed by atoms with Crippen molar-refractivity contribution in [3.8, 4) is 0 Å². The number of amides is 2. The minimum absolute atomic E-state index is 0.281. The van der Waals surface area contributed by atoms with Gasteiger partial charge in [-0.25, -0.2) is 0 Å². The van der Waals surface area contributed by atoms with E-state index in [-0.39, 0.29) is 5.56 Å². The van der Waals surface area contributed by atoms with Crippen LogP contribution in [0, 0.1) is 0 Å². The Morgan fingerprint density at radius 1 is 0.955 bits per heavy atom. The molecule has 2 rings (SSSR count). The summed E-state index contributed by atoms with van der Waals surface area (Å²) in [5, 5.41) is 10.2. The molecule has 5 nitrogen and oxygen atoms in total. The normalized spacial score (nSPS) is 13.3. The first-order valence-electron chi connectivity index (χ1n) is 6.90. The number of hydrogen-bond donors (Lipinski definition) is 3. The zero-order chi connectivity index (χ0) is 16.1. The van der Waals surface area contributed by atoms with Crippen molar-refractivity contribution in [3.63, 3.8) is 0 Å². The molecule has 0 spiro atoms. The molecule has 0 radical (unpaired) electrons. The van der Waals surface area contributed by atoms with Crippen molar-refractivity contribution >= 4 is 11.8 Å². The van der Waals surface area contributed by atoms with Crippen molar-refractivity contribution in [3.05, 3.63) is 71.3 Å². The van der Waals surface area contributed by atoms with Crippen LogP contribution in [0.25, 0.3) is 0 Å². The van der Waals surface area contributed by atoms with Crippen LogP contribution >= 0.6 is 0 Å². The number of carbonyl (C=O) groups is 2. The van der Waals surface area contributed by atoms with Gasteiger partial charge < -0.3 is 16.6 Å². The molecule has 2 amide bonds. The Bertz CT molecular complexity index is 671. The number of carbonyl (C=O) groups excluding carboxylic acids is 2. The molecule has 0 aliphatic rings. The van der Waals surface area contributed by atoms with Crippen molar-refractivity contribution in [2.45, 2.75) is 18.4 Å². The van der Waals surface area contributed by atoms with Crippen LogP contribution < -0.4 is 11.5 Å². The number of hydrogen-bond acceptors (Lipinski definition) is 3. The number of rotatable bonds is 6. The van der Waals surface area contributed by atoms with Crippen LogP contribution in [0.15, 0.2) is 54.6 Å². The fraction of sp³-hybridized carbons (Fsp3) is 0.176. The molecule has 0 saturated carbocycles. The number of aliphatic hydroxyl groups excluding tert-OH is 1. The summed E-state index contributed by atoms with van der Waals surface area (Å²) in [7, 11) is 0. The van der Waals surface area contributed by atoms with Crippen molar-refractivity contribution < 1.29 is 14.7 Å². The maximum Gasteiger partial charge on any atom is 0.248 e. The lowest BCUT2D eigenvalue weighted by Gasteiger charge is -2.23. The van der Waals surface area contributed by atoms with Gasteiger partial charge in [-0.2, -0.15) is 0 Å². The molecule has 0 fully saturated rings. The predicted molar refractivity (Wildman–Crippen MR) is 83.0 cm³/mol. The Kier molecular flexibility index (Phi) is 4.91. The summed E-state index contributed by atoms with van der Waals surface area (Å²) in [6.45, 7) is 0. The van der Waals surface area contributed by atoms with E-state index in [9.17, 15) is 14.7 Å². The van der Waals surface area contributed by atoms with Crippen LogP contribution in [0.4, 0.5) is 0 Å². The summed E-state index contributed by atoms with van der Waals surface area (Å²) in [6, 6.07) is 16.0. The van der Waals surface area contributed by atoms with Gasteiger partial charge in [0.2, 0.25) is 11.8 Å². The van der Waals surface area contributed by atoms with Gasteiger partial charge in [-0.05, 0) is 23.6 Å². The van der Waals surface area contributed by atoms with E-state index in [1.54, 1.807) is 24.3 Å². The summed E-state index contributed by atoms with van der Waals surface area (Å²) >= 11 is 0. The minimum Gasteiger partial charge on any atom is -0.383 e. The highest BCUT2D eigenvalue weighted by Gasteiger charge is 2.28. The van der Waals surface area contributed by atoms with E-state index >= 15 is 0 Å². The molecule has 2 aromatic rings. The first-order chi connectivity index (χ1) is 10.5. The molecule has 0 aliphatic carbocycles. The summed E-state index contributed by atoms with van der Waals surface area (Å²) in [5.74, 6) is -2.07. The molecule has 2 atom stereocenters. The monoisotopic (exact) mass is 298 g/mol. The van der Waals surface area contributed by atoms with E-state index in [1.165, 1.54) is 0 Å². The van der Waals surface area contributed by atoms with Crippen molar-refractivity contribution in [2.24, 2.45) is 11.5 Å². The zero-order valence-corrected chi connectivity index (χ0v) is 12.0. The predicted octanol–water partition coefficient (Wildman–Crippen LogP) is 0.958. The summed E-state index contributed by atoms with van der Waals surface area (Å²) in [5.41, 5.74) is 12.4. The highest BCUT2D eigenvalue weighted by molar-refractivity contribution is 5.95. The SMILES string of the molecule is NC(=O)c1ccccc1[C@H](Cc1ccccc1)C(O)C(N)=O. The molecule has 0 heterocycles. The van der Waals surface area contributed by atoms with Gasteiger partial charge in [0.05, 0.1) is 0 Å². The standard InChI is InChI=1S/C17H18N2O3/c18-16(21)13-9-5-4-8-12(13)14(15(20)17(19)22)10-11-6-2-1-3-7-11/h1-9,14-15,20H,10H2,(H2,18,21)(H2,19,22)/t14-,15?/m0/s1. The molecule has 22 heavy (non-hydrogen) atoms. The third-order valence-electron chi connectivity index (χ3n) is 3.60. The van der Waals surface area contributed by atoms with Crippen molar-refractivity contribution in [1.82, 2.24) is 0 Å². The second-order valence-electron chi connectivity index (χ2n) is 5.09.